The van der Waals surface area contributed by atoms with Crippen molar-refractivity contribution in [2.75, 3.05) is 6.61 Å². The predicted octanol–water partition coefficient (Wildman–Crippen LogP) is -0.357. The monoisotopic (exact) mass is 302 g/mol. The highest BCUT2D eigenvalue weighted by atomic mass is 16.5. The number of nitrogens with zero attached hydrogens (tertiary/aromatic N) is 4. The van der Waals surface area contributed by atoms with Gasteiger partial charge in [-0.2, -0.15) is 9.36 Å². The Morgan fingerprint density at radius 3 is 2.50 bits per heavy atom. The normalized spacial score (nSPS) is 12.6. The highest BCUT2D eigenvalue weighted by molar-refractivity contribution is 6.33. The van der Waals surface area contributed by atoms with Crippen LogP contribution in [0.25, 0.3) is 5.69 Å². The zero-order valence-corrected chi connectivity index (χ0v) is 13.1. The van der Waals surface area contributed by atoms with E-state index in [0.29, 0.717) is 16.9 Å². The highest BCUT2D eigenvalue weighted by Crippen LogP contribution is 2.24. The fourth-order valence-electron chi connectivity index (χ4n) is 2.06. The Hall–Kier alpha value is -2.09. The molecule has 0 amide bonds. The first kappa shape index (κ1) is 16.3. The highest BCUT2D eigenvalue weighted by Gasteiger charge is 2.16. The average Bonchev–Trinajstić information content (AvgIpc) is 2.76. The van der Waals surface area contributed by atoms with Crippen molar-refractivity contribution in [3.8, 4) is 11.4 Å². The summed E-state index contributed by atoms with van der Waals surface area (Å²) in [6.07, 6.45) is -0.641. The molecule has 22 heavy (non-hydrogen) atoms. The summed E-state index contributed by atoms with van der Waals surface area (Å²) in [5, 5.41) is 16.9. The van der Waals surface area contributed by atoms with Crippen molar-refractivity contribution in [3.05, 3.63) is 28.2 Å². The molecule has 2 radical (unpaired) electrons. The molecule has 1 aromatic carbocycles. The molecule has 1 unspecified atom stereocenters. The number of ether oxygens (including phenoxy) is 1. The van der Waals surface area contributed by atoms with Gasteiger partial charge in [0.25, 0.3) is 0 Å². The molecular weight excluding hydrogens is 283 g/mol. The third-order valence-corrected chi connectivity index (χ3v) is 3.22. The van der Waals surface area contributed by atoms with Gasteiger partial charge >= 0.3 is 5.69 Å². The van der Waals surface area contributed by atoms with E-state index in [1.807, 2.05) is 13.8 Å². The van der Waals surface area contributed by atoms with Crippen LogP contribution in [0.15, 0.2) is 16.9 Å². The lowest BCUT2D eigenvalue weighted by Crippen LogP contribution is -2.25. The first-order chi connectivity index (χ1) is 10.3. The van der Waals surface area contributed by atoms with Gasteiger partial charge in [0.05, 0.1) is 6.10 Å². The quantitative estimate of drug-likeness (QED) is 0.763. The summed E-state index contributed by atoms with van der Waals surface area (Å²) in [6.45, 7) is 5.71. The second-order valence-corrected chi connectivity index (χ2v) is 5.56. The van der Waals surface area contributed by atoms with Crippen LogP contribution in [-0.2, 0) is 7.05 Å². The van der Waals surface area contributed by atoms with E-state index in [4.69, 9.17) is 12.6 Å². The Bertz CT molecular complexity index is 721. The number of rotatable bonds is 5. The maximum atomic E-state index is 12.1. The van der Waals surface area contributed by atoms with Crippen LogP contribution in [0.2, 0.25) is 0 Å². The summed E-state index contributed by atoms with van der Waals surface area (Å²) < 4.78 is 7.85. The molecule has 116 valence electrons. The number of hydrogen-bond donors (Lipinski definition) is 1. The molecule has 8 heteroatoms. The standard InChI is InChI=1S/C14H19BN4O3/c1-8(2)10-5-12(19-14(21)18(4)16-17-19)13(6-11(10)15)22-7-9(3)20/h5-6,8-9,20H,7H2,1-4H3. The first-order valence-corrected chi connectivity index (χ1v) is 7.05. The second-order valence-electron chi connectivity index (χ2n) is 5.56. The Kier molecular flexibility index (Phi) is 4.70. The summed E-state index contributed by atoms with van der Waals surface area (Å²) in [5.41, 5.74) is 1.52. The minimum atomic E-state index is -0.641. The van der Waals surface area contributed by atoms with Gasteiger partial charge in [-0.25, -0.2) is 4.79 Å². The van der Waals surface area contributed by atoms with E-state index in [1.165, 1.54) is 7.05 Å². The molecule has 1 N–H and O–H groups in total. The summed E-state index contributed by atoms with van der Waals surface area (Å²) in [6, 6.07) is 3.42. The minimum Gasteiger partial charge on any atom is -0.489 e. The van der Waals surface area contributed by atoms with Crippen LogP contribution in [0.5, 0.6) is 5.75 Å². The van der Waals surface area contributed by atoms with Gasteiger partial charge in [-0.3, -0.25) is 0 Å². The number of tetrazole rings is 1. The van der Waals surface area contributed by atoms with Gasteiger partial charge in [0.1, 0.15) is 25.9 Å². The van der Waals surface area contributed by atoms with Crippen molar-refractivity contribution in [1.29, 1.82) is 0 Å². The maximum Gasteiger partial charge on any atom is 0.368 e. The van der Waals surface area contributed by atoms with Crippen molar-refractivity contribution in [2.24, 2.45) is 7.05 Å². The van der Waals surface area contributed by atoms with E-state index in [0.717, 1.165) is 14.9 Å². The van der Waals surface area contributed by atoms with Gasteiger partial charge < -0.3 is 9.84 Å². The number of aromatic nitrogens is 4. The molecular formula is C14H19BN4O3. The number of benzene rings is 1. The third kappa shape index (κ3) is 3.22. The minimum absolute atomic E-state index is 0.0858. The predicted molar refractivity (Wildman–Crippen MR) is 83.3 cm³/mol. The van der Waals surface area contributed by atoms with Crippen molar-refractivity contribution in [2.45, 2.75) is 32.8 Å². The molecule has 0 saturated heterocycles. The molecule has 0 aliphatic carbocycles. The maximum absolute atomic E-state index is 12.1. The molecule has 1 aromatic heterocycles. The molecule has 0 aliphatic heterocycles. The Morgan fingerprint density at radius 2 is 2.00 bits per heavy atom. The number of aryl methyl sites for hydroxylation is 1. The van der Waals surface area contributed by atoms with E-state index < -0.39 is 6.10 Å². The Balaban J connectivity index is 2.59. The van der Waals surface area contributed by atoms with Crippen LogP contribution in [0.4, 0.5) is 0 Å². The molecule has 2 rings (SSSR count). The summed E-state index contributed by atoms with van der Waals surface area (Å²) >= 11 is 0. The summed E-state index contributed by atoms with van der Waals surface area (Å²) in [5.74, 6) is 0.558. The number of aliphatic hydroxyl groups excluding tert-OH is 1. The Morgan fingerprint density at radius 1 is 1.32 bits per heavy atom. The van der Waals surface area contributed by atoms with E-state index in [9.17, 15) is 9.90 Å². The lowest BCUT2D eigenvalue weighted by atomic mass is 9.85. The molecule has 0 bridgehead atoms. The second kappa shape index (κ2) is 6.35. The van der Waals surface area contributed by atoms with E-state index in [2.05, 4.69) is 10.4 Å². The zero-order valence-electron chi connectivity index (χ0n) is 13.1. The van der Waals surface area contributed by atoms with Crippen LogP contribution in [0, 0.1) is 0 Å². The molecule has 1 heterocycles. The van der Waals surface area contributed by atoms with Crippen molar-refractivity contribution in [1.82, 2.24) is 19.8 Å². The van der Waals surface area contributed by atoms with Crippen LogP contribution in [0.3, 0.4) is 0 Å². The lowest BCUT2D eigenvalue weighted by molar-refractivity contribution is 0.122. The van der Waals surface area contributed by atoms with Crippen molar-refractivity contribution in [3.63, 3.8) is 0 Å². The molecule has 0 spiro atoms. The molecule has 0 fully saturated rings. The van der Waals surface area contributed by atoms with Gasteiger partial charge in [-0.05, 0) is 35.4 Å². The topological polar surface area (TPSA) is 82.2 Å². The average molecular weight is 302 g/mol. The summed E-state index contributed by atoms with van der Waals surface area (Å²) in [4.78, 5) is 12.1. The van der Waals surface area contributed by atoms with Crippen LogP contribution < -0.4 is 15.9 Å². The number of hydrogen-bond acceptors (Lipinski definition) is 5. The zero-order chi connectivity index (χ0) is 16.4. The van der Waals surface area contributed by atoms with Gasteiger partial charge in [-0.15, -0.1) is 0 Å². The van der Waals surface area contributed by atoms with Gasteiger partial charge in [0.2, 0.25) is 0 Å². The van der Waals surface area contributed by atoms with Gasteiger partial charge in [0.15, 0.2) is 0 Å². The van der Waals surface area contributed by atoms with Crippen LogP contribution in [0.1, 0.15) is 32.3 Å². The van der Waals surface area contributed by atoms with E-state index >= 15 is 0 Å². The number of aliphatic hydroxyl groups is 1. The first-order valence-electron chi connectivity index (χ1n) is 7.05. The molecule has 2 aromatic rings. The van der Waals surface area contributed by atoms with E-state index in [-0.39, 0.29) is 18.2 Å². The molecule has 7 nitrogen and oxygen atoms in total. The smallest absolute Gasteiger partial charge is 0.368 e. The molecule has 0 saturated carbocycles. The largest absolute Gasteiger partial charge is 0.489 e. The van der Waals surface area contributed by atoms with E-state index in [1.54, 1.807) is 19.1 Å². The van der Waals surface area contributed by atoms with Crippen LogP contribution >= 0.6 is 0 Å². The van der Waals surface area contributed by atoms with Gasteiger partial charge in [-0.1, -0.05) is 24.9 Å². The fraction of sp³-hybridized carbons (Fsp3) is 0.500. The fourth-order valence-corrected chi connectivity index (χ4v) is 2.06. The summed E-state index contributed by atoms with van der Waals surface area (Å²) in [7, 11) is 7.56. The third-order valence-electron chi connectivity index (χ3n) is 3.22. The van der Waals surface area contributed by atoms with Crippen LogP contribution in [-0.4, -0.2) is 45.5 Å². The molecule has 0 aliphatic rings. The van der Waals surface area contributed by atoms with Crippen molar-refractivity contribution < 1.29 is 9.84 Å². The molecule has 1 atom stereocenters. The SMILES string of the molecule is [B]c1cc(OCC(C)O)c(-n2nnn(C)c2=O)cc1C(C)C. The van der Waals surface area contributed by atoms with Gasteiger partial charge in [0, 0.05) is 7.05 Å². The lowest BCUT2D eigenvalue weighted by Gasteiger charge is -2.17. The van der Waals surface area contributed by atoms with Crippen molar-refractivity contribution >= 4 is 13.3 Å². The Labute approximate surface area is 129 Å².